The monoisotopic (exact) mass is 235 g/mol. The van der Waals surface area contributed by atoms with E-state index in [4.69, 9.17) is 5.73 Å². The van der Waals surface area contributed by atoms with E-state index in [0.717, 1.165) is 22.5 Å². The van der Waals surface area contributed by atoms with Gasteiger partial charge in [0.25, 0.3) is 0 Å². The lowest BCUT2D eigenvalue weighted by Crippen LogP contribution is -2.12. The van der Waals surface area contributed by atoms with Gasteiger partial charge in [-0.15, -0.1) is 11.3 Å². The van der Waals surface area contributed by atoms with Crippen LogP contribution in [0.5, 0.6) is 0 Å². The van der Waals surface area contributed by atoms with Gasteiger partial charge in [-0.3, -0.25) is 0 Å². The SMILES string of the molecule is Cc1cc2c(N)nc(CC(C)(C)C)nc2s1. The maximum atomic E-state index is 5.94. The topological polar surface area (TPSA) is 51.8 Å². The number of nitrogen functional groups attached to an aromatic ring is 1. The van der Waals surface area contributed by atoms with Crippen molar-refractivity contribution in [3.63, 3.8) is 0 Å². The molecule has 2 heterocycles. The lowest BCUT2D eigenvalue weighted by Gasteiger charge is -2.16. The third-order valence-corrected chi connectivity index (χ3v) is 3.22. The Bertz CT molecular complexity index is 523. The lowest BCUT2D eigenvalue weighted by atomic mass is 9.92. The Labute approximate surface area is 99.7 Å². The van der Waals surface area contributed by atoms with Gasteiger partial charge in [-0.1, -0.05) is 20.8 Å². The molecular formula is C12H17N3S. The summed E-state index contributed by atoms with van der Waals surface area (Å²) in [6.45, 7) is 8.60. The third-order valence-electron chi connectivity index (χ3n) is 2.28. The number of hydrogen-bond acceptors (Lipinski definition) is 4. The second kappa shape index (κ2) is 3.70. The molecule has 2 rings (SSSR count). The van der Waals surface area contributed by atoms with Crippen LogP contribution in [0, 0.1) is 12.3 Å². The molecule has 86 valence electrons. The molecule has 0 amide bonds. The van der Waals surface area contributed by atoms with Crippen LogP contribution < -0.4 is 5.73 Å². The first kappa shape index (κ1) is 11.3. The van der Waals surface area contributed by atoms with E-state index in [1.165, 1.54) is 4.88 Å². The van der Waals surface area contributed by atoms with Crippen molar-refractivity contribution in [3.05, 3.63) is 16.8 Å². The van der Waals surface area contributed by atoms with E-state index in [0.29, 0.717) is 5.82 Å². The van der Waals surface area contributed by atoms with Crippen LogP contribution in [0.2, 0.25) is 0 Å². The summed E-state index contributed by atoms with van der Waals surface area (Å²) in [7, 11) is 0. The fourth-order valence-corrected chi connectivity index (χ4v) is 2.57. The van der Waals surface area contributed by atoms with Gasteiger partial charge < -0.3 is 5.73 Å². The molecular weight excluding hydrogens is 218 g/mol. The van der Waals surface area contributed by atoms with Crippen LogP contribution in [0.4, 0.5) is 5.82 Å². The predicted molar refractivity (Wildman–Crippen MR) is 69.7 cm³/mol. The number of anilines is 1. The van der Waals surface area contributed by atoms with Crippen molar-refractivity contribution in [2.45, 2.75) is 34.1 Å². The second-order valence-electron chi connectivity index (χ2n) is 5.34. The average Bonchev–Trinajstić information content (AvgIpc) is 2.42. The van der Waals surface area contributed by atoms with Gasteiger partial charge in [0.1, 0.15) is 16.5 Å². The molecule has 0 saturated carbocycles. The fraction of sp³-hybridized carbons (Fsp3) is 0.500. The van der Waals surface area contributed by atoms with Gasteiger partial charge in [-0.2, -0.15) is 0 Å². The Morgan fingerprint density at radius 2 is 2.00 bits per heavy atom. The van der Waals surface area contributed by atoms with Crippen LogP contribution in [-0.2, 0) is 6.42 Å². The van der Waals surface area contributed by atoms with Crippen LogP contribution in [0.1, 0.15) is 31.5 Å². The molecule has 0 atom stereocenters. The summed E-state index contributed by atoms with van der Waals surface area (Å²) >= 11 is 1.68. The Hall–Kier alpha value is -1.16. The van der Waals surface area contributed by atoms with Crippen LogP contribution in [-0.4, -0.2) is 9.97 Å². The van der Waals surface area contributed by atoms with Gasteiger partial charge >= 0.3 is 0 Å². The zero-order valence-electron chi connectivity index (χ0n) is 10.2. The van der Waals surface area contributed by atoms with Crippen molar-refractivity contribution in [1.82, 2.24) is 9.97 Å². The minimum Gasteiger partial charge on any atom is -0.383 e. The van der Waals surface area contributed by atoms with Crippen molar-refractivity contribution in [1.29, 1.82) is 0 Å². The van der Waals surface area contributed by atoms with Gasteiger partial charge in [0.2, 0.25) is 0 Å². The molecule has 4 heteroatoms. The molecule has 0 aliphatic carbocycles. The summed E-state index contributed by atoms with van der Waals surface area (Å²) in [5.41, 5.74) is 6.13. The van der Waals surface area contributed by atoms with E-state index < -0.39 is 0 Å². The number of aromatic nitrogens is 2. The molecule has 0 saturated heterocycles. The Morgan fingerprint density at radius 1 is 1.31 bits per heavy atom. The second-order valence-corrected chi connectivity index (χ2v) is 6.57. The number of nitrogens with two attached hydrogens (primary N) is 1. The summed E-state index contributed by atoms with van der Waals surface area (Å²) in [4.78, 5) is 11.2. The number of fused-ring (bicyclic) bond motifs is 1. The molecule has 3 nitrogen and oxygen atoms in total. The van der Waals surface area contributed by atoms with Gasteiger partial charge in [0.05, 0.1) is 5.39 Å². The van der Waals surface area contributed by atoms with E-state index in [1.807, 2.05) is 0 Å². The zero-order valence-corrected chi connectivity index (χ0v) is 11.0. The van der Waals surface area contributed by atoms with Crippen molar-refractivity contribution < 1.29 is 0 Å². The highest BCUT2D eigenvalue weighted by atomic mass is 32.1. The number of aryl methyl sites for hydroxylation is 1. The molecule has 2 N–H and O–H groups in total. The highest BCUT2D eigenvalue weighted by molar-refractivity contribution is 7.18. The molecule has 2 aromatic heterocycles. The first-order valence-electron chi connectivity index (χ1n) is 5.38. The Balaban J connectivity index is 2.49. The summed E-state index contributed by atoms with van der Waals surface area (Å²) in [5, 5.41) is 0.986. The van der Waals surface area contributed by atoms with Crippen LogP contribution in [0.25, 0.3) is 10.2 Å². The van der Waals surface area contributed by atoms with Crippen LogP contribution in [0.15, 0.2) is 6.07 Å². The molecule has 0 fully saturated rings. The van der Waals surface area contributed by atoms with Gasteiger partial charge in [0, 0.05) is 11.3 Å². The normalized spacial score (nSPS) is 12.2. The lowest BCUT2D eigenvalue weighted by molar-refractivity contribution is 0.401. The summed E-state index contributed by atoms with van der Waals surface area (Å²) in [6, 6.07) is 2.05. The average molecular weight is 235 g/mol. The van der Waals surface area contributed by atoms with Gasteiger partial charge in [-0.25, -0.2) is 9.97 Å². The van der Waals surface area contributed by atoms with Crippen molar-refractivity contribution in [2.75, 3.05) is 5.73 Å². The minimum atomic E-state index is 0.187. The van der Waals surface area contributed by atoms with E-state index in [1.54, 1.807) is 11.3 Å². The maximum Gasteiger partial charge on any atom is 0.135 e. The molecule has 0 radical (unpaired) electrons. The highest BCUT2D eigenvalue weighted by Crippen LogP contribution is 2.28. The number of nitrogens with zero attached hydrogens (tertiary/aromatic N) is 2. The largest absolute Gasteiger partial charge is 0.383 e. The van der Waals surface area contributed by atoms with E-state index in [-0.39, 0.29) is 5.41 Å². The first-order valence-corrected chi connectivity index (χ1v) is 6.19. The summed E-state index contributed by atoms with van der Waals surface area (Å²) < 4.78 is 0. The summed E-state index contributed by atoms with van der Waals surface area (Å²) in [6.07, 6.45) is 0.851. The number of rotatable bonds is 1. The van der Waals surface area contributed by atoms with Crippen LogP contribution in [0.3, 0.4) is 0 Å². The van der Waals surface area contributed by atoms with E-state index in [9.17, 15) is 0 Å². The standard InChI is InChI=1S/C12H17N3S/c1-7-5-8-10(13)14-9(6-12(2,3)4)15-11(8)16-7/h5H,6H2,1-4H3,(H2,13,14,15). The van der Waals surface area contributed by atoms with Crippen molar-refractivity contribution >= 4 is 27.4 Å². The third kappa shape index (κ3) is 2.32. The Kier molecular flexibility index (Phi) is 2.62. The zero-order chi connectivity index (χ0) is 11.9. The molecule has 2 aromatic rings. The quantitative estimate of drug-likeness (QED) is 0.826. The van der Waals surface area contributed by atoms with Crippen molar-refractivity contribution in [3.8, 4) is 0 Å². The van der Waals surface area contributed by atoms with Crippen LogP contribution >= 0.6 is 11.3 Å². The van der Waals surface area contributed by atoms with Gasteiger partial charge in [-0.05, 0) is 18.4 Å². The van der Waals surface area contributed by atoms with E-state index >= 15 is 0 Å². The molecule has 0 aromatic carbocycles. The molecule has 0 spiro atoms. The number of thiophene rings is 1. The predicted octanol–water partition coefficient (Wildman–Crippen LogP) is 3.17. The smallest absolute Gasteiger partial charge is 0.135 e. The molecule has 0 bridgehead atoms. The number of hydrogen-bond donors (Lipinski definition) is 1. The van der Waals surface area contributed by atoms with Crippen molar-refractivity contribution in [2.24, 2.45) is 5.41 Å². The maximum absolute atomic E-state index is 5.94. The summed E-state index contributed by atoms with van der Waals surface area (Å²) in [5.74, 6) is 1.45. The first-order chi connectivity index (χ1) is 7.35. The molecule has 0 aliphatic heterocycles. The molecule has 16 heavy (non-hydrogen) atoms. The van der Waals surface area contributed by atoms with E-state index in [2.05, 4.69) is 43.7 Å². The minimum absolute atomic E-state index is 0.187. The highest BCUT2D eigenvalue weighted by Gasteiger charge is 2.15. The molecule has 0 unspecified atom stereocenters. The Morgan fingerprint density at radius 3 is 2.62 bits per heavy atom. The van der Waals surface area contributed by atoms with Gasteiger partial charge in [0.15, 0.2) is 0 Å². The molecule has 0 aliphatic rings. The fourth-order valence-electron chi connectivity index (χ4n) is 1.66.